The lowest BCUT2D eigenvalue weighted by molar-refractivity contribution is 0.102. The summed E-state index contributed by atoms with van der Waals surface area (Å²) >= 11 is 2.14. The van der Waals surface area contributed by atoms with E-state index in [1.807, 2.05) is 24.3 Å². The summed E-state index contributed by atoms with van der Waals surface area (Å²) in [5.41, 5.74) is 7.75. The molecule has 86 valence electrons. The van der Waals surface area contributed by atoms with Crippen LogP contribution in [0.2, 0.25) is 0 Å². The first-order valence-corrected chi connectivity index (χ1v) is 6.16. The summed E-state index contributed by atoms with van der Waals surface area (Å²) in [6.45, 7) is 0. The molecule has 2 aromatic rings. The van der Waals surface area contributed by atoms with Gasteiger partial charge in [-0.15, -0.1) is 0 Å². The Bertz CT molecular complexity index is 540. The number of rotatable bonds is 2. The molecule has 0 heterocycles. The predicted octanol–water partition coefficient (Wildman–Crippen LogP) is 3.13. The summed E-state index contributed by atoms with van der Waals surface area (Å²) in [7, 11) is 0. The van der Waals surface area contributed by atoms with Gasteiger partial charge in [0.15, 0.2) is 0 Å². The quantitative estimate of drug-likeness (QED) is 0.653. The standard InChI is InChI=1S/C13H11IN2O/c14-11-8-10(15)6-7-12(11)16-13(17)9-4-2-1-3-5-9/h1-8H,15H2,(H,16,17). The van der Waals surface area contributed by atoms with Crippen molar-refractivity contribution >= 4 is 39.9 Å². The number of nitrogen functional groups attached to an aromatic ring is 1. The maximum absolute atomic E-state index is 11.9. The zero-order valence-corrected chi connectivity index (χ0v) is 11.1. The molecule has 0 radical (unpaired) electrons. The van der Waals surface area contributed by atoms with Gasteiger partial charge in [-0.05, 0) is 52.9 Å². The number of hydrogen-bond donors (Lipinski definition) is 2. The van der Waals surface area contributed by atoms with Crippen LogP contribution in [0.15, 0.2) is 48.5 Å². The van der Waals surface area contributed by atoms with Crippen LogP contribution < -0.4 is 11.1 Å². The largest absolute Gasteiger partial charge is 0.399 e. The minimum absolute atomic E-state index is 0.117. The number of hydrogen-bond acceptors (Lipinski definition) is 2. The lowest BCUT2D eigenvalue weighted by Crippen LogP contribution is -2.12. The van der Waals surface area contributed by atoms with Gasteiger partial charge in [-0.1, -0.05) is 18.2 Å². The zero-order valence-electron chi connectivity index (χ0n) is 8.98. The topological polar surface area (TPSA) is 55.1 Å². The van der Waals surface area contributed by atoms with Crippen LogP contribution in [0.5, 0.6) is 0 Å². The molecular weight excluding hydrogens is 327 g/mol. The van der Waals surface area contributed by atoms with Gasteiger partial charge < -0.3 is 11.1 Å². The summed E-state index contributed by atoms with van der Waals surface area (Å²) in [4.78, 5) is 11.9. The summed E-state index contributed by atoms with van der Waals surface area (Å²) < 4.78 is 0.923. The summed E-state index contributed by atoms with van der Waals surface area (Å²) in [6.07, 6.45) is 0. The van der Waals surface area contributed by atoms with Gasteiger partial charge in [-0.3, -0.25) is 4.79 Å². The fraction of sp³-hybridized carbons (Fsp3) is 0. The van der Waals surface area contributed by atoms with Crippen molar-refractivity contribution in [3.05, 3.63) is 57.7 Å². The Kier molecular flexibility index (Phi) is 3.63. The molecule has 0 aliphatic heterocycles. The van der Waals surface area contributed by atoms with E-state index in [1.165, 1.54) is 0 Å². The van der Waals surface area contributed by atoms with E-state index < -0.39 is 0 Å². The second kappa shape index (κ2) is 5.18. The molecule has 0 saturated carbocycles. The lowest BCUT2D eigenvalue weighted by Gasteiger charge is -2.07. The van der Waals surface area contributed by atoms with Gasteiger partial charge in [0.1, 0.15) is 0 Å². The van der Waals surface area contributed by atoms with Crippen molar-refractivity contribution in [2.24, 2.45) is 0 Å². The van der Waals surface area contributed by atoms with Crippen LogP contribution in [0.1, 0.15) is 10.4 Å². The number of nitrogens with two attached hydrogens (primary N) is 1. The fourth-order valence-corrected chi connectivity index (χ4v) is 2.09. The molecule has 17 heavy (non-hydrogen) atoms. The second-order valence-electron chi connectivity index (χ2n) is 3.56. The maximum Gasteiger partial charge on any atom is 0.255 e. The van der Waals surface area contributed by atoms with Crippen LogP contribution in [0.4, 0.5) is 11.4 Å². The average Bonchev–Trinajstić information content (AvgIpc) is 2.34. The Morgan fingerprint density at radius 1 is 1.12 bits per heavy atom. The Morgan fingerprint density at radius 2 is 1.82 bits per heavy atom. The number of halogens is 1. The molecule has 0 fully saturated rings. The molecule has 2 aromatic carbocycles. The first-order valence-electron chi connectivity index (χ1n) is 5.08. The third-order valence-electron chi connectivity index (χ3n) is 2.28. The van der Waals surface area contributed by atoms with Gasteiger partial charge in [0.25, 0.3) is 5.91 Å². The monoisotopic (exact) mass is 338 g/mol. The van der Waals surface area contributed by atoms with Crippen molar-refractivity contribution in [2.75, 3.05) is 11.1 Å². The Labute approximate surface area is 113 Å². The molecule has 0 atom stereocenters. The summed E-state index contributed by atoms with van der Waals surface area (Å²) in [6, 6.07) is 14.5. The van der Waals surface area contributed by atoms with Crippen LogP contribution in [-0.2, 0) is 0 Å². The highest BCUT2D eigenvalue weighted by molar-refractivity contribution is 14.1. The van der Waals surface area contributed by atoms with Crippen molar-refractivity contribution in [1.29, 1.82) is 0 Å². The Morgan fingerprint density at radius 3 is 2.47 bits per heavy atom. The smallest absolute Gasteiger partial charge is 0.255 e. The van der Waals surface area contributed by atoms with E-state index in [0.717, 1.165) is 9.26 Å². The Hall–Kier alpha value is -1.56. The van der Waals surface area contributed by atoms with E-state index in [4.69, 9.17) is 5.73 Å². The highest BCUT2D eigenvalue weighted by Crippen LogP contribution is 2.21. The van der Waals surface area contributed by atoms with E-state index in [-0.39, 0.29) is 5.91 Å². The minimum Gasteiger partial charge on any atom is -0.399 e. The molecule has 0 aliphatic carbocycles. The second-order valence-corrected chi connectivity index (χ2v) is 4.72. The molecule has 1 amide bonds. The number of nitrogens with one attached hydrogen (secondary N) is 1. The fourth-order valence-electron chi connectivity index (χ4n) is 1.42. The molecule has 0 aliphatic rings. The van der Waals surface area contributed by atoms with Gasteiger partial charge in [0.2, 0.25) is 0 Å². The third-order valence-corrected chi connectivity index (χ3v) is 3.17. The number of benzene rings is 2. The first-order chi connectivity index (χ1) is 8.16. The molecule has 4 heteroatoms. The van der Waals surface area contributed by atoms with Crippen molar-refractivity contribution in [3.8, 4) is 0 Å². The van der Waals surface area contributed by atoms with E-state index >= 15 is 0 Å². The van der Waals surface area contributed by atoms with Crippen LogP contribution in [-0.4, -0.2) is 5.91 Å². The van der Waals surface area contributed by atoms with Gasteiger partial charge >= 0.3 is 0 Å². The maximum atomic E-state index is 11.9. The van der Waals surface area contributed by atoms with Crippen LogP contribution in [0.3, 0.4) is 0 Å². The molecule has 0 unspecified atom stereocenters. The van der Waals surface area contributed by atoms with Crippen LogP contribution >= 0.6 is 22.6 Å². The van der Waals surface area contributed by atoms with Crippen LogP contribution in [0.25, 0.3) is 0 Å². The number of anilines is 2. The highest BCUT2D eigenvalue weighted by atomic mass is 127. The van der Waals surface area contributed by atoms with E-state index in [0.29, 0.717) is 11.3 Å². The lowest BCUT2D eigenvalue weighted by atomic mass is 10.2. The number of amides is 1. The van der Waals surface area contributed by atoms with Crippen LogP contribution in [0, 0.1) is 3.57 Å². The SMILES string of the molecule is Nc1ccc(NC(=O)c2ccccc2)c(I)c1. The van der Waals surface area contributed by atoms with Crippen molar-refractivity contribution in [2.45, 2.75) is 0 Å². The average molecular weight is 338 g/mol. The summed E-state index contributed by atoms with van der Waals surface area (Å²) in [5, 5.41) is 2.85. The van der Waals surface area contributed by atoms with E-state index in [2.05, 4.69) is 27.9 Å². The molecule has 3 N–H and O–H groups in total. The molecule has 2 rings (SSSR count). The van der Waals surface area contributed by atoms with Crippen molar-refractivity contribution in [1.82, 2.24) is 0 Å². The van der Waals surface area contributed by atoms with Gasteiger partial charge in [-0.2, -0.15) is 0 Å². The van der Waals surface area contributed by atoms with E-state index in [9.17, 15) is 4.79 Å². The van der Waals surface area contributed by atoms with Crippen molar-refractivity contribution < 1.29 is 4.79 Å². The van der Waals surface area contributed by atoms with Gasteiger partial charge in [0, 0.05) is 14.8 Å². The van der Waals surface area contributed by atoms with Crippen molar-refractivity contribution in [3.63, 3.8) is 0 Å². The molecule has 0 spiro atoms. The van der Waals surface area contributed by atoms with E-state index in [1.54, 1.807) is 24.3 Å². The zero-order chi connectivity index (χ0) is 12.3. The number of carbonyl (C=O) groups excluding carboxylic acids is 1. The first kappa shape index (κ1) is 11.9. The highest BCUT2D eigenvalue weighted by Gasteiger charge is 2.07. The normalized spacial score (nSPS) is 9.94. The predicted molar refractivity (Wildman–Crippen MR) is 78.0 cm³/mol. The molecule has 3 nitrogen and oxygen atoms in total. The van der Waals surface area contributed by atoms with Gasteiger partial charge in [0.05, 0.1) is 5.69 Å². The molecule has 0 bridgehead atoms. The Balaban J connectivity index is 2.19. The molecule has 0 aromatic heterocycles. The molecular formula is C13H11IN2O. The summed E-state index contributed by atoms with van der Waals surface area (Å²) in [5.74, 6) is -0.117. The van der Waals surface area contributed by atoms with Gasteiger partial charge in [-0.25, -0.2) is 0 Å². The number of carbonyl (C=O) groups is 1. The molecule has 0 saturated heterocycles. The third kappa shape index (κ3) is 2.97. The minimum atomic E-state index is -0.117.